The van der Waals surface area contributed by atoms with E-state index in [0.29, 0.717) is 50.1 Å². The summed E-state index contributed by atoms with van der Waals surface area (Å²) >= 11 is 0. The summed E-state index contributed by atoms with van der Waals surface area (Å²) in [6, 6.07) is 6.76. The van der Waals surface area contributed by atoms with Gasteiger partial charge < -0.3 is 20.1 Å². The van der Waals surface area contributed by atoms with Gasteiger partial charge in [0.25, 0.3) is 0 Å². The number of anilines is 1. The van der Waals surface area contributed by atoms with Crippen molar-refractivity contribution in [2.45, 2.75) is 25.7 Å². The molecule has 7 heteroatoms. The molecule has 0 radical (unpaired) electrons. The molecule has 2 N–H and O–H groups in total. The predicted molar refractivity (Wildman–Crippen MR) is 96.7 cm³/mol. The molecule has 26 heavy (non-hydrogen) atoms. The second-order valence-corrected chi connectivity index (χ2v) is 6.36. The van der Waals surface area contributed by atoms with Crippen LogP contribution in [0.15, 0.2) is 24.3 Å². The van der Waals surface area contributed by atoms with Gasteiger partial charge >= 0.3 is 5.97 Å². The molecule has 142 valence electrons. The van der Waals surface area contributed by atoms with E-state index >= 15 is 0 Å². The summed E-state index contributed by atoms with van der Waals surface area (Å²) in [5.74, 6) is -0.809. The van der Waals surface area contributed by atoms with E-state index in [-0.39, 0.29) is 23.7 Å². The van der Waals surface area contributed by atoms with E-state index in [2.05, 4.69) is 10.6 Å². The number of carbonyl (C=O) groups is 3. The first kappa shape index (κ1) is 19.9. The minimum Gasteiger partial charge on any atom is -0.465 e. The molecule has 1 aromatic rings. The molecule has 0 aromatic heterocycles. The first-order chi connectivity index (χ1) is 12.6. The molecule has 0 heterocycles. The van der Waals surface area contributed by atoms with Gasteiger partial charge in [-0.25, -0.2) is 4.79 Å². The topological polar surface area (TPSA) is 93.7 Å². The first-order valence-electron chi connectivity index (χ1n) is 8.81. The zero-order chi connectivity index (χ0) is 18.9. The number of hydrogen-bond acceptors (Lipinski definition) is 5. The number of para-hydroxylation sites is 1. The summed E-state index contributed by atoms with van der Waals surface area (Å²) in [6.45, 7) is 0.989. The zero-order valence-electron chi connectivity index (χ0n) is 15.2. The Hall–Kier alpha value is -2.41. The van der Waals surface area contributed by atoms with Crippen LogP contribution < -0.4 is 10.6 Å². The maximum absolute atomic E-state index is 12.5. The lowest BCUT2D eigenvalue weighted by atomic mass is 9.81. The summed E-state index contributed by atoms with van der Waals surface area (Å²) < 4.78 is 9.66. The monoisotopic (exact) mass is 362 g/mol. The van der Waals surface area contributed by atoms with Crippen molar-refractivity contribution in [3.63, 3.8) is 0 Å². The van der Waals surface area contributed by atoms with Crippen LogP contribution >= 0.6 is 0 Å². The Morgan fingerprint density at radius 3 is 2.23 bits per heavy atom. The number of hydrogen-bond donors (Lipinski definition) is 2. The number of ether oxygens (including phenoxy) is 2. The van der Waals surface area contributed by atoms with E-state index in [1.165, 1.54) is 7.11 Å². The van der Waals surface area contributed by atoms with Crippen molar-refractivity contribution in [3.8, 4) is 0 Å². The minimum absolute atomic E-state index is 0.0249. The number of amides is 2. The van der Waals surface area contributed by atoms with Crippen LogP contribution in [0, 0.1) is 11.8 Å². The normalized spacial score (nSPS) is 19.5. The average molecular weight is 362 g/mol. The molecule has 0 saturated heterocycles. The molecular formula is C19H26N2O5. The molecule has 1 saturated carbocycles. The maximum atomic E-state index is 12.5. The molecule has 2 rings (SSSR count). The molecule has 1 aliphatic rings. The van der Waals surface area contributed by atoms with Gasteiger partial charge in [-0.15, -0.1) is 0 Å². The van der Waals surface area contributed by atoms with Crippen molar-refractivity contribution in [1.82, 2.24) is 5.32 Å². The Bertz CT molecular complexity index is 639. The Labute approximate surface area is 153 Å². The molecule has 0 atom stereocenters. The van der Waals surface area contributed by atoms with Crippen LogP contribution in [0.4, 0.5) is 5.69 Å². The van der Waals surface area contributed by atoms with Crippen molar-refractivity contribution in [2.24, 2.45) is 11.8 Å². The highest BCUT2D eigenvalue weighted by atomic mass is 16.5. The van der Waals surface area contributed by atoms with E-state index in [1.54, 1.807) is 31.4 Å². The number of esters is 1. The summed E-state index contributed by atoms with van der Waals surface area (Å²) in [5, 5.41) is 5.67. The van der Waals surface area contributed by atoms with Crippen LogP contribution in [0.25, 0.3) is 0 Å². The Morgan fingerprint density at radius 2 is 1.62 bits per heavy atom. The average Bonchev–Trinajstić information content (AvgIpc) is 2.68. The number of nitrogens with one attached hydrogen (secondary N) is 2. The van der Waals surface area contributed by atoms with Crippen molar-refractivity contribution in [2.75, 3.05) is 32.7 Å². The van der Waals surface area contributed by atoms with Gasteiger partial charge in [-0.3, -0.25) is 9.59 Å². The first-order valence-corrected chi connectivity index (χ1v) is 8.81. The molecule has 0 aliphatic heterocycles. The van der Waals surface area contributed by atoms with Crippen LogP contribution in [0.3, 0.4) is 0 Å². The molecular weight excluding hydrogens is 336 g/mol. The zero-order valence-corrected chi connectivity index (χ0v) is 15.2. The lowest BCUT2D eigenvalue weighted by Crippen LogP contribution is -2.36. The molecule has 7 nitrogen and oxygen atoms in total. The number of methoxy groups -OCH3 is 2. The van der Waals surface area contributed by atoms with E-state index in [1.807, 2.05) is 0 Å². The van der Waals surface area contributed by atoms with Gasteiger partial charge in [0, 0.05) is 25.5 Å². The van der Waals surface area contributed by atoms with Gasteiger partial charge in [-0.05, 0) is 37.8 Å². The second kappa shape index (κ2) is 9.91. The van der Waals surface area contributed by atoms with Gasteiger partial charge in [0.2, 0.25) is 11.8 Å². The fourth-order valence-corrected chi connectivity index (χ4v) is 3.15. The predicted octanol–water partition coefficient (Wildman–Crippen LogP) is 1.98. The molecule has 0 unspecified atom stereocenters. The summed E-state index contributed by atoms with van der Waals surface area (Å²) in [5.41, 5.74) is 0.776. The summed E-state index contributed by atoms with van der Waals surface area (Å²) in [4.78, 5) is 36.4. The van der Waals surface area contributed by atoms with Crippen molar-refractivity contribution >= 4 is 23.5 Å². The number of rotatable bonds is 7. The standard InChI is InChI=1S/C19H26N2O5/c1-25-12-11-20-17(22)13-7-9-14(10-8-13)18(23)21-16-6-4-3-5-15(16)19(24)26-2/h3-6,13-14H,7-12H2,1-2H3,(H,20,22)(H,21,23). The highest BCUT2D eigenvalue weighted by Gasteiger charge is 2.30. The molecule has 1 aliphatic carbocycles. The van der Waals surface area contributed by atoms with Crippen LogP contribution in [0.1, 0.15) is 36.0 Å². The number of benzene rings is 1. The van der Waals surface area contributed by atoms with Gasteiger partial charge in [-0.1, -0.05) is 12.1 Å². The third kappa shape index (κ3) is 5.29. The van der Waals surface area contributed by atoms with E-state index in [9.17, 15) is 14.4 Å². The fourth-order valence-electron chi connectivity index (χ4n) is 3.15. The SMILES string of the molecule is COCCNC(=O)C1CCC(C(=O)Nc2ccccc2C(=O)OC)CC1. The summed E-state index contributed by atoms with van der Waals surface area (Å²) in [6.07, 6.45) is 2.65. The van der Waals surface area contributed by atoms with Crippen molar-refractivity contribution in [1.29, 1.82) is 0 Å². The van der Waals surface area contributed by atoms with Gasteiger partial charge in [0.15, 0.2) is 0 Å². The minimum atomic E-state index is -0.489. The Balaban J connectivity index is 1.87. The van der Waals surface area contributed by atoms with Gasteiger partial charge in [0.1, 0.15) is 0 Å². The Morgan fingerprint density at radius 1 is 1.00 bits per heavy atom. The van der Waals surface area contributed by atoms with E-state index in [4.69, 9.17) is 9.47 Å². The molecule has 0 spiro atoms. The molecule has 0 bridgehead atoms. The largest absolute Gasteiger partial charge is 0.465 e. The Kier molecular flexibility index (Phi) is 7.59. The van der Waals surface area contributed by atoms with Crippen LogP contribution in [0.5, 0.6) is 0 Å². The fraction of sp³-hybridized carbons (Fsp3) is 0.526. The smallest absolute Gasteiger partial charge is 0.339 e. The highest BCUT2D eigenvalue weighted by molar-refractivity contribution is 6.01. The third-order valence-electron chi connectivity index (χ3n) is 4.66. The second-order valence-electron chi connectivity index (χ2n) is 6.36. The van der Waals surface area contributed by atoms with Crippen molar-refractivity contribution < 1.29 is 23.9 Å². The van der Waals surface area contributed by atoms with E-state index in [0.717, 1.165) is 0 Å². The highest BCUT2D eigenvalue weighted by Crippen LogP contribution is 2.30. The number of carbonyl (C=O) groups excluding carboxylic acids is 3. The van der Waals surface area contributed by atoms with Gasteiger partial charge in [0.05, 0.1) is 25.0 Å². The van der Waals surface area contributed by atoms with Crippen LogP contribution in [-0.4, -0.2) is 45.2 Å². The maximum Gasteiger partial charge on any atom is 0.339 e. The van der Waals surface area contributed by atoms with Crippen LogP contribution in [-0.2, 0) is 19.1 Å². The van der Waals surface area contributed by atoms with Crippen molar-refractivity contribution in [3.05, 3.63) is 29.8 Å². The molecule has 1 aromatic carbocycles. The lowest BCUT2D eigenvalue weighted by Gasteiger charge is -2.27. The third-order valence-corrected chi connectivity index (χ3v) is 4.66. The lowest BCUT2D eigenvalue weighted by molar-refractivity contribution is -0.128. The molecule has 1 fully saturated rings. The van der Waals surface area contributed by atoms with Gasteiger partial charge in [-0.2, -0.15) is 0 Å². The summed E-state index contributed by atoms with van der Waals surface area (Å²) in [7, 11) is 2.90. The quantitative estimate of drug-likeness (QED) is 0.571. The van der Waals surface area contributed by atoms with Crippen LogP contribution in [0.2, 0.25) is 0 Å². The molecule has 2 amide bonds. The van der Waals surface area contributed by atoms with E-state index < -0.39 is 5.97 Å².